The summed E-state index contributed by atoms with van der Waals surface area (Å²) in [5.74, 6) is -5.59. The first-order chi connectivity index (χ1) is 11.4. The van der Waals surface area contributed by atoms with Crippen LogP contribution in [0, 0.1) is 17.5 Å². The summed E-state index contributed by atoms with van der Waals surface area (Å²) in [6.45, 7) is 1.60. The minimum atomic E-state index is -1.35. The van der Waals surface area contributed by atoms with Gasteiger partial charge in [-0.05, 0) is 32.1 Å². The molecule has 0 amide bonds. The zero-order valence-electron chi connectivity index (χ0n) is 13.1. The Bertz CT molecular complexity index is 715. The maximum absolute atomic E-state index is 14.4. The van der Waals surface area contributed by atoms with Crippen molar-refractivity contribution in [3.63, 3.8) is 0 Å². The Hall–Kier alpha value is -1.96. The third-order valence-electron chi connectivity index (χ3n) is 3.29. The lowest BCUT2D eigenvalue weighted by Gasteiger charge is -2.11. The molecule has 0 unspecified atom stereocenters. The lowest BCUT2D eigenvalue weighted by Crippen LogP contribution is -2.12. The molecule has 130 valence electrons. The second-order valence-electron chi connectivity index (χ2n) is 5.06. The lowest BCUT2D eigenvalue weighted by molar-refractivity contribution is -0.137. The summed E-state index contributed by atoms with van der Waals surface area (Å²) in [4.78, 5) is 15.5. The SMILES string of the molecule is CCOC(=O)/C(C=NC1CC1)=C(/O)c1cc(F)c(F)c(SC)c1F. The van der Waals surface area contributed by atoms with Crippen LogP contribution in [0.15, 0.2) is 21.5 Å². The van der Waals surface area contributed by atoms with E-state index in [1.165, 1.54) is 6.26 Å². The Kier molecular flexibility index (Phi) is 5.93. The van der Waals surface area contributed by atoms with Crippen molar-refractivity contribution < 1.29 is 27.8 Å². The van der Waals surface area contributed by atoms with Crippen molar-refractivity contribution in [2.45, 2.75) is 30.7 Å². The zero-order valence-corrected chi connectivity index (χ0v) is 13.9. The highest BCUT2D eigenvalue weighted by Gasteiger charge is 2.25. The largest absolute Gasteiger partial charge is 0.506 e. The summed E-state index contributed by atoms with van der Waals surface area (Å²) < 4.78 is 46.4. The first-order valence-corrected chi connectivity index (χ1v) is 8.48. The molecule has 1 aromatic carbocycles. The Balaban J connectivity index is 2.57. The molecule has 24 heavy (non-hydrogen) atoms. The van der Waals surface area contributed by atoms with Gasteiger partial charge in [0.15, 0.2) is 17.5 Å². The van der Waals surface area contributed by atoms with Crippen LogP contribution in [0.1, 0.15) is 25.3 Å². The van der Waals surface area contributed by atoms with E-state index in [9.17, 15) is 23.1 Å². The zero-order chi connectivity index (χ0) is 17.9. The van der Waals surface area contributed by atoms with Crippen molar-refractivity contribution in [2.75, 3.05) is 12.9 Å². The van der Waals surface area contributed by atoms with Crippen molar-refractivity contribution >= 4 is 29.7 Å². The molecule has 1 aromatic rings. The van der Waals surface area contributed by atoms with Crippen LogP contribution in [0.2, 0.25) is 0 Å². The molecule has 1 aliphatic rings. The molecule has 0 aromatic heterocycles. The summed E-state index contributed by atoms with van der Waals surface area (Å²) in [6.07, 6.45) is 4.16. The molecular weight excluding hydrogens is 343 g/mol. The molecule has 0 heterocycles. The molecule has 1 N–H and O–H groups in total. The maximum Gasteiger partial charge on any atom is 0.343 e. The third kappa shape index (κ3) is 3.92. The van der Waals surface area contributed by atoms with Crippen molar-refractivity contribution in [2.24, 2.45) is 4.99 Å². The standard InChI is InChI=1S/C16H16F3NO3S/c1-3-23-16(22)10(7-20-8-4-5-8)14(21)9-6-11(17)13(19)15(24-2)12(9)18/h6-8,21H,3-5H2,1-2H3/b14-10+,20-7?. The fourth-order valence-electron chi connectivity index (χ4n) is 1.90. The van der Waals surface area contributed by atoms with E-state index in [-0.39, 0.29) is 12.6 Å². The molecule has 2 rings (SSSR count). The van der Waals surface area contributed by atoms with E-state index in [0.29, 0.717) is 17.8 Å². The van der Waals surface area contributed by atoms with Gasteiger partial charge in [0.25, 0.3) is 0 Å². The second-order valence-corrected chi connectivity index (χ2v) is 5.88. The molecule has 1 saturated carbocycles. The molecule has 0 spiro atoms. The maximum atomic E-state index is 14.4. The van der Waals surface area contributed by atoms with Gasteiger partial charge < -0.3 is 9.84 Å². The number of esters is 1. The van der Waals surface area contributed by atoms with Crippen LogP contribution >= 0.6 is 11.8 Å². The average Bonchev–Trinajstić information content (AvgIpc) is 3.36. The number of thioether (sulfide) groups is 1. The summed E-state index contributed by atoms with van der Waals surface area (Å²) in [6, 6.07) is 0.544. The van der Waals surface area contributed by atoms with E-state index in [1.807, 2.05) is 0 Å². The number of halogens is 3. The number of carbonyl (C=O) groups excluding carboxylic acids is 1. The van der Waals surface area contributed by atoms with E-state index >= 15 is 0 Å². The summed E-state index contributed by atoms with van der Waals surface area (Å²) in [5.41, 5.74) is -1.02. The Morgan fingerprint density at radius 3 is 2.62 bits per heavy atom. The van der Waals surface area contributed by atoms with E-state index in [4.69, 9.17) is 4.74 Å². The Labute approximate surface area is 141 Å². The number of aliphatic hydroxyl groups is 1. The fourth-order valence-corrected chi connectivity index (χ4v) is 2.47. The first kappa shape index (κ1) is 18.4. The predicted molar refractivity (Wildman–Crippen MR) is 85.8 cm³/mol. The highest BCUT2D eigenvalue weighted by atomic mass is 32.2. The van der Waals surface area contributed by atoms with Crippen LogP contribution in [-0.4, -0.2) is 36.2 Å². The van der Waals surface area contributed by atoms with Crippen molar-refractivity contribution in [1.29, 1.82) is 0 Å². The molecule has 8 heteroatoms. The monoisotopic (exact) mass is 359 g/mol. The normalized spacial score (nSPS) is 15.5. The number of nitrogens with zero attached hydrogens (tertiary/aromatic N) is 1. The molecule has 0 radical (unpaired) electrons. The Morgan fingerprint density at radius 1 is 1.42 bits per heavy atom. The molecular formula is C16H16F3NO3S. The molecule has 0 atom stereocenters. The quantitative estimate of drug-likeness (QED) is 0.209. The molecule has 0 saturated heterocycles. The Morgan fingerprint density at radius 2 is 2.08 bits per heavy atom. The highest BCUT2D eigenvalue weighted by molar-refractivity contribution is 7.98. The van der Waals surface area contributed by atoms with Gasteiger partial charge >= 0.3 is 5.97 Å². The van der Waals surface area contributed by atoms with Crippen LogP contribution in [0.25, 0.3) is 5.76 Å². The topological polar surface area (TPSA) is 58.9 Å². The van der Waals surface area contributed by atoms with Gasteiger partial charge in [-0.25, -0.2) is 18.0 Å². The van der Waals surface area contributed by atoms with E-state index in [0.717, 1.165) is 19.1 Å². The van der Waals surface area contributed by atoms with Gasteiger partial charge in [0.1, 0.15) is 11.3 Å². The summed E-state index contributed by atoms with van der Waals surface area (Å²) >= 11 is 0.653. The summed E-state index contributed by atoms with van der Waals surface area (Å²) in [7, 11) is 0. The number of hydrogen-bond acceptors (Lipinski definition) is 5. The van der Waals surface area contributed by atoms with E-state index in [1.54, 1.807) is 6.92 Å². The number of aliphatic imine (C=N–C) groups is 1. The number of carbonyl (C=O) groups is 1. The minimum absolute atomic E-state index is 0.0310. The van der Waals surface area contributed by atoms with Crippen LogP contribution in [0.3, 0.4) is 0 Å². The number of benzene rings is 1. The fraction of sp³-hybridized carbons (Fsp3) is 0.375. The molecule has 4 nitrogen and oxygen atoms in total. The van der Waals surface area contributed by atoms with Gasteiger partial charge in [-0.3, -0.25) is 4.99 Å². The lowest BCUT2D eigenvalue weighted by atomic mass is 10.1. The van der Waals surface area contributed by atoms with Crippen molar-refractivity contribution in [3.8, 4) is 0 Å². The smallest absolute Gasteiger partial charge is 0.343 e. The first-order valence-electron chi connectivity index (χ1n) is 7.26. The second kappa shape index (κ2) is 7.74. The molecule has 1 aliphatic carbocycles. The van der Waals surface area contributed by atoms with Gasteiger partial charge in [-0.1, -0.05) is 0 Å². The summed E-state index contributed by atoms with van der Waals surface area (Å²) in [5, 5.41) is 10.3. The van der Waals surface area contributed by atoms with E-state index < -0.39 is 45.2 Å². The van der Waals surface area contributed by atoms with Gasteiger partial charge in [-0.15, -0.1) is 11.8 Å². The van der Waals surface area contributed by atoms with Gasteiger partial charge in [0.05, 0.1) is 23.1 Å². The van der Waals surface area contributed by atoms with Gasteiger partial charge in [0.2, 0.25) is 0 Å². The number of aliphatic hydroxyl groups excluding tert-OH is 1. The molecule has 0 aliphatic heterocycles. The molecule has 1 fully saturated rings. The number of rotatable bonds is 6. The molecule has 0 bridgehead atoms. The number of ether oxygens (including phenoxy) is 1. The van der Waals surface area contributed by atoms with Crippen molar-refractivity contribution in [1.82, 2.24) is 0 Å². The van der Waals surface area contributed by atoms with Crippen LogP contribution in [-0.2, 0) is 9.53 Å². The average molecular weight is 359 g/mol. The van der Waals surface area contributed by atoms with Gasteiger partial charge in [0, 0.05) is 6.21 Å². The van der Waals surface area contributed by atoms with Gasteiger partial charge in [-0.2, -0.15) is 0 Å². The van der Waals surface area contributed by atoms with Crippen LogP contribution in [0.5, 0.6) is 0 Å². The van der Waals surface area contributed by atoms with Crippen LogP contribution < -0.4 is 0 Å². The predicted octanol–water partition coefficient (Wildman–Crippen LogP) is 3.89. The van der Waals surface area contributed by atoms with E-state index in [2.05, 4.69) is 4.99 Å². The van der Waals surface area contributed by atoms with Crippen LogP contribution in [0.4, 0.5) is 13.2 Å². The van der Waals surface area contributed by atoms with Crippen molar-refractivity contribution in [3.05, 3.63) is 34.7 Å². The highest BCUT2D eigenvalue weighted by Crippen LogP contribution is 2.31. The number of hydrogen-bond donors (Lipinski definition) is 1. The minimum Gasteiger partial charge on any atom is -0.506 e. The third-order valence-corrected chi connectivity index (χ3v) is 4.05.